The van der Waals surface area contributed by atoms with E-state index in [1.54, 1.807) is 0 Å². The molecule has 1 aliphatic rings. The number of ether oxygens (including phenoxy) is 2. The molecule has 100 valence electrons. The Morgan fingerprint density at radius 3 is 2.61 bits per heavy atom. The first-order chi connectivity index (χ1) is 8.55. The van der Waals surface area contributed by atoms with E-state index in [2.05, 4.69) is 0 Å². The van der Waals surface area contributed by atoms with Gasteiger partial charge >= 0.3 is 0 Å². The van der Waals surface area contributed by atoms with Gasteiger partial charge in [0, 0.05) is 19.2 Å². The van der Waals surface area contributed by atoms with Crippen molar-refractivity contribution in [1.29, 1.82) is 0 Å². The molecule has 2 rings (SSSR count). The van der Waals surface area contributed by atoms with Gasteiger partial charge in [-0.05, 0) is 12.1 Å². The van der Waals surface area contributed by atoms with Crippen molar-refractivity contribution in [3.63, 3.8) is 0 Å². The number of hydrogen-bond donors (Lipinski definition) is 1. The maximum absolute atomic E-state index is 12.3. The number of hydrogen-bond acceptors (Lipinski definition) is 5. The highest BCUT2D eigenvalue weighted by Crippen LogP contribution is 2.29. The van der Waals surface area contributed by atoms with E-state index in [1.165, 1.54) is 29.6 Å². The number of methoxy groups -OCH3 is 1. The summed E-state index contributed by atoms with van der Waals surface area (Å²) in [5.74, 6) is 0.0581. The molecule has 0 radical (unpaired) electrons. The number of phenolic OH excluding ortho intramolecular Hbond substituents is 1. The van der Waals surface area contributed by atoms with Gasteiger partial charge in [-0.2, -0.15) is 4.31 Å². The van der Waals surface area contributed by atoms with Crippen molar-refractivity contribution in [2.75, 3.05) is 33.4 Å². The largest absolute Gasteiger partial charge is 0.504 e. The second-order valence-electron chi connectivity index (χ2n) is 3.85. The minimum absolute atomic E-state index is 0.0848. The molecule has 1 aromatic carbocycles. The lowest BCUT2D eigenvalue weighted by Gasteiger charge is -2.26. The maximum Gasteiger partial charge on any atom is 0.243 e. The normalized spacial score (nSPS) is 17.6. The van der Waals surface area contributed by atoms with Crippen molar-refractivity contribution in [2.45, 2.75) is 4.90 Å². The molecule has 18 heavy (non-hydrogen) atoms. The summed E-state index contributed by atoms with van der Waals surface area (Å²) in [6.07, 6.45) is 0. The summed E-state index contributed by atoms with van der Waals surface area (Å²) in [4.78, 5) is 0.110. The first-order valence-corrected chi connectivity index (χ1v) is 6.94. The lowest BCUT2D eigenvalue weighted by atomic mass is 10.3. The summed E-state index contributed by atoms with van der Waals surface area (Å²) in [5.41, 5.74) is 0. The minimum atomic E-state index is -3.55. The molecule has 0 aromatic heterocycles. The van der Waals surface area contributed by atoms with E-state index in [4.69, 9.17) is 9.47 Å². The van der Waals surface area contributed by atoms with Crippen LogP contribution in [0.5, 0.6) is 11.5 Å². The molecule has 0 saturated carbocycles. The Balaban J connectivity index is 2.34. The number of nitrogens with zero attached hydrogens (tertiary/aromatic N) is 1. The van der Waals surface area contributed by atoms with Crippen LogP contribution in [0, 0.1) is 0 Å². The van der Waals surface area contributed by atoms with Crippen molar-refractivity contribution in [3.05, 3.63) is 18.2 Å². The van der Waals surface area contributed by atoms with Crippen molar-refractivity contribution in [1.82, 2.24) is 4.31 Å². The SMILES string of the molecule is COc1cc(S(=O)(=O)N2CCOCC2)ccc1O. The average Bonchev–Trinajstić information content (AvgIpc) is 2.40. The van der Waals surface area contributed by atoms with Crippen LogP contribution in [0.1, 0.15) is 0 Å². The summed E-state index contributed by atoms with van der Waals surface area (Å²) in [6.45, 7) is 1.47. The Kier molecular flexibility index (Phi) is 3.74. The van der Waals surface area contributed by atoms with Gasteiger partial charge in [-0.15, -0.1) is 0 Å². The fraction of sp³-hybridized carbons (Fsp3) is 0.455. The van der Waals surface area contributed by atoms with Crippen LogP contribution in [-0.4, -0.2) is 51.2 Å². The van der Waals surface area contributed by atoms with Crippen LogP contribution >= 0.6 is 0 Å². The van der Waals surface area contributed by atoms with Gasteiger partial charge in [0.05, 0.1) is 25.2 Å². The molecule has 0 spiro atoms. The number of phenols is 1. The summed E-state index contributed by atoms with van der Waals surface area (Å²) in [6, 6.07) is 3.99. The molecule has 1 aliphatic heterocycles. The van der Waals surface area contributed by atoms with Crippen LogP contribution in [0.15, 0.2) is 23.1 Å². The molecule has 0 unspecified atom stereocenters. The van der Waals surface area contributed by atoms with Crippen molar-refractivity contribution in [2.24, 2.45) is 0 Å². The lowest BCUT2D eigenvalue weighted by molar-refractivity contribution is 0.0730. The zero-order chi connectivity index (χ0) is 13.2. The number of sulfonamides is 1. The molecule has 6 nitrogen and oxygen atoms in total. The third-order valence-electron chi connectivity index (χ3n) is 2.76. The minimum Gasteiger partial charge on any atom is -0.504 e. The second-order valence-corrected chi connectivity index (χ2v) is 5.79. The van der Waals surface area contributed by atoms with Crippen molar-refractivity contribution >= 4 is 10.0 Å². The van der Waals surface area contributed by atoms with Gasteiger partial charge in [0.15, 0.2) is 11.5 Å². The lowest BCUT2D eigenvalue weighted by Crippen LogP contribution is -2.40. The van der Waals surface area contributed by atoms with E-state index in [0.29, 0.717) is 26.3 Å². The summed E-state index contributed by atoms with van der Waals surface area (Å²) < 4.78 is 36.0. The van der Waals surface area contributed by atoms with Gasteiger partial charge in [0.2, 0.25) is 10.0 Å². The quantitative estimate of drug-likeness (QED) is 0.864. The van der Waals surface area contributed by atoms with Gasteiger partial charge in [-0.1, -0.05) is 0 Å². The molecule has 1 fully saturated rings. The van der Waals surface area contributed by atoms with E-state index in [0.717, 1.165) is 0 Å². The number of benzene rings is 1. The first-order valence-electron chi connectivity index (χ1n) is 5.50. The Bertz CT molecular complexity index is 522. The summed E-state index contributed by atoms with van der Waals surface area (Å²) >= 11 is 0. The van der Waals surface area contributed by atoms with Crippen molar-refractivity contribution < 1.29 is 23.0 Å². The highest BCUT2D eigenvalue weighted by Gasteiger charge is 2.27. The Labute approximate surface area is 106 Å². The van der Waals surface area contributed by atoms with Crippen LogP contribution < -0.4 is 4.74 Å². The van der Waals surface area contributed by atoms with Gasteiger partial charge in [-0.25, -0.2) is 8.42 Å². The van der Waals surface area contributed by atoms with Gasteiger partial charge in [0.25, 0.3) is 0 Å². The molecule has 0 atom stereocenters. The Morgan fingerprint density at radius 2 is 2.00 bits per heavy atom. The zero-order valence-electron chi connectivity index (χ0n) is 10.00. The Morgan fingerprint density at radius 1 is 1.33 bits per heavy atom. The number of rotatable bonds is 3. The molecule has 1 aromatic rings. The van der Waals surface area contributed by atoms with E-state index in [-0.39, 0.29) is 16.4 Å². The van der Waals surface area contributed by atoms with Crippen LogP contribution in [-0.2, 0) is 14.8 Å². The smallest absolute Gasteiger partial charge is 0.243 e. The van der Waals surface area contributed by atoms with Crippen LogP contribution in [0.3, 0.4) is 0 Å². The molecule has 1 saturated heterocycles. The second kappa shape index (κ2) is 5.13. The molecular formula is C11H15NO5S. The topological polar surface area (TPSA) is 76.1 Å². The highest BCUT2D eigenvalue weighted by molar-refractivity contribution is 7.89. The molecular weight excluding hydrogens is 258 g/mol. The standard InChI is InChI=1S/C11H15NO5S/c1-16-11-8-9(2-3-10(11)13)18(14,15)12-4-6-17-7-5-12/h2-3,8,13H,4-7H2,1H3. The molecule has 1 N–H and O–H groups in total. The third-order valence-corrected chi connectivity index (χ3v) is 4.65. The molecule has 0 aliphatic carbocycles. The fourth-order valence-electron chi connectivity index (χ4n) is 1.75. The molecule has 0 bridgehead atoms. The molecule has 0 amide bonds. The van der Waals surface area contributed by atoms with E-state index in [1.807, 2.05) is 0 Å². The predicted molar refractivity (Wildman–Crippen MR) is 64.2 cm³/mol. The van der Waals surface area contributed by atoms with E-state index >= 15 is 0 Å². The molecule has 1 heterocycles. The van der Waals surface area contributed by atoms with Crippen LogP contribution in [0.4, 0.5) is 0 Å². The monoisotopic (exact) mass is 273 g/mol. The van der Waals surface area contributed by atoms with Gasteiger partial charge in [-0.3, -0.25) is 0 Å². The highest BCUT2D eigenvalue weighted by atomic mass is 32.2. The first kappa shape index (κ1) is 13.1. The molecule has 7 heteroatoms. The van der Waals surface area contributed by atoms with E-state index in [9.17, 15) is 13.5 Å². The summed E-state index contributed by atoms with van der Waals surface area (Å²) in [5, 5.41) is 9.46. The van der Waals surface area contributed by atoms with Gasteiger partial charge < -0.3 is 14.6 Å². The van der Waals surface area contributed by atoms with Crippen molar-refractivity contribution in [3.8, 4) is 11.5 Å². The maximum atomic E-state index is 12.3. The number of morpholine rings is 1. The van der Waals surface area contributed by atoms with Gasteiger partial charge in [0.1, 0.15) is 0 Å². The van der Waals surface area contributed by atoms with Crippen LogP contribution in [0.2, 0.25) is 0 Å². The third kappa shape index (κ3) is 2.43. The predicted octanol–water partition coefficient (Wildman–Crippen LogP) is 0.422. The van der Waals surface area contributed by atoms with E-state index < -0.39 is 10.0 Å². The summed E-state index contributed by atoms with van der Waals surface area (Å²) in [7, 11) is -2.17. The Hall–Kier alpha value is -1.31. The fourth-order valence-corrected chi connectivity index (χ4v) is 3.18. The van der Waals surface area contributed by atoms with Crippen LogP contribution in [0.25, 0.3) is 0 Å². The average molecular weight is 273 g/mol. The zero-order valence-corrected chi connectivity index (χ0v) is 10.8. The number of aromatic hydroxyl groups is 1.